The average Bonchev–Trinajstić information content (AvgIpc) is 3.08. The van der Waals surface area contributed by atoms with Crippen molar-refractivity contribution in [3.05, 3.63) is 51.7 Å². The van der Waals surface area contributed by atoms with Crippen LogP contribution >= 0.6 is 0 Å². The second kappa shape index (κ2) is 7.38. The van der Waals surface area contributed by atoms with Crippen molar-refractivity contribution in [3.8, 4) is 5.75 Å². The molecule has 0 aliphatic carbocycles. The van der Waals surface area contributed by atoms with Crippen LogP contribution in [0.3, 0.4) is 0 Å². The Morgan fingerprint density at radius 2 is 1.81 bits per heavy atom. The minimum absolute atomic E-state index is 0.0861. The zero-order valence-corrected chi connectivity index (χ0v) is 17.0. The Kier molecular flexibility index (Phi) is 4.66. The van der Waals surface area contributed by atoms with Crippen molar-refractivity contribution in [2.75, 3.05) is 37.7 Å². The largest absolute Gasteiger partial charge is 0.505 e. The number of rotatable bonds is 3. The highest BCUT2D eigenvalue weighted by Gasteiger charge is 2.35. The van der Waals surface area contributed by atoms with Gasteiger partial charge in [-0.15, -0.1) is 5.10 Å². The lowest BCUT2D eigenvalue weighted by molar-refractivity contribution is 0.0689. The van der Waals surface area contributed by atoms with Gasteiger partial charge < -0.3 is 24.2 Å². The standard InChI is InChI=1S/C21H22FN5O4/c1-24-20(29)15-16(19(23-24)25-8-10-31-11-9-25)27-7-6-26(21(30)17(27)18(15)28)12-13-2-4-14(22)5-3-13/h2-5,28H,6-12H2,1H3. The van der Waals surface area contributed by atoms with Crippen molar-refractivity contribution < 1.29 is 19.0 Å². The maximum absolute atomic E-state index is 13.3. The van der Waals surface area contributed by atoms with Gasteiger partial charge in [0.2, 0.25) is 0 Å². The predicted molar refractivity (Wildman–Crippen MR) is 111 cm³/mol. The molecule has 0 bridgehead atoms. The summed E-state index contributed by atoms with van der Waals surface area (Å²) in [5, 5.41) is 15.5. The van der Waals surface area contributed by atoms with Gasteiger partial charge in [-0.1, -0.05) is 12.1 Å². The van der Waals surface area contributed by atoms with Crippen LogP contribution < -0.4 is 10.5 Å². The third-order valence-corrected chi connectivity index (χ3v) is 5.88. The summed E-state index contributed by atoms with van der Waals surface area (Å²) < 4.78 is 21.5. The Labute approximate surface area is 176 Å². The number of ether oxygens (including phenoxy) is 1. The van der Waals surface area contributed by atoms with E-state index in [0.29, 0.717) is 50.7 Å². The molecule has 162 valence electrons. The van der Waals surface area contributed by atoms with Crippen LogP contribution in [0.4, 0.5) is 10.2 Å². The van der Waals surface area contributed by atoms with Gasteiger partial charge in [-0.2, -0.15) is 0 Å². The third-order valence-electron chi connectivity index (χ3n) is 5.88. The molecule has 0 saturated carbocycles. The van der Waals surface area contributed by atoms with Gasteiger partial charge in [0.1, 0.15) is 16.7 Å². The van der Waals surface area contributed by atoms with Gasteiger partial charge in [0.05, 0.1) is 13.2 Å². The highest BCUT2D eigenvalue weighted by atomic mass is 19.1. The number of aryl methyl sites for hydroxylation is 1. The summed E-state index contributed by atoms with van der Waals surface area (Å²) >= 11 is 0. The minimum Gasteiger partial charge on any atom is -0.505 e. The van der Waals surface area contributed by atoms with E-state index in [-0.39, 0.29) is 35.1 Å². The first-order valence-electron chi connectivity index (χ1n) is 10.1. The van der Waals surface area contributed by atoms with Crippen LogP contribution in [-0.2, 0) is 24.9 Å². The van der Waals surface area contributed by atoms with Crippen LogP contribution in [0.1, 0.15) is 16.1 Å². The molecule has 9 nitrogen and oxygen atoms in total. The first kappa shape index (κ1) is 19.6. The Morgan fingerprint density at radius 3 is 2.52 bits per heavy atom. The number of anilines is 1. The van der Waals surface area contributed by atoms with Crippen molar-refractivity contribution >= 4 is 22.6 Å². The molecule has 2 aliphatic rings. The monoisotopic (exact) mass is 427 g/mol. The fourth-order valence-corrected chi connectivity index (χ4v) is 4.30. The highest BCUT2D eigenvalue weighted by Crippen LogP contribution is 2.37. The quantitative estimate of drug-likeness (QED) is 0.672. The molecular formula is C21H22FN5O4. The molecule has 0 radical (unpaired) electrons. The Morgan fingerprint density at radius 1 is 1.10 bits per heavy atom. The van der Waals surface area contributed by atoms with Crippen LogP contribution in [0.25, 0.3) is 10.9 Å². The van der Waals surface area contributed by atoms with Crippen molar-refractivity contribution in [3.63, 3.8) is 0 Å². The summed E-state index contributed by atoms with van der Waals surface area (Å²) in [4.78, 5) is 29.7. The summed E-state index contributed by atoms with van der Waals surface area (Å²) in [6.45, 7) is 3.37. The molecule has 0 spiro atoms. The van der Waals surface area contributed by atoms with E-state index in [9.17, 15) is 19.1 Å². The molecule has 1 N–H and O–H groups in total. The zero-order chi connectivity index (χ0) is 21.7. The van der Waals surface area contributed by atoms with Gasteiger partial charge in [0.15, 0.2) is 17.3 Å². The normalized spacial score (nSPS) is 16.8. The Hall–Kier alpha value is -3.40. The van der Waals surface area contributed by atoms with Gasteiger partial charge in [-0.05, 0) is 17.7 Å². The van der Waals surface area contributed by atoms with Crippen LogP contribution in [0.15, 0.2) is 29.1 Å². The molecule has 1 saturated heterocycles. The molecule has 10 heteroatoms. The van der Waals surface area contributed by atoms with Gasteiger partial charge in [-0.25, -0.2) is 9.07 Å². The fourth-order valence-electron chi connectivity index (χ4n) is 4.30. The third kappa shape index (κ3) is 3.14. The lowest BCUT2D eigenvalue weighted by Gasteiger charge is -2.31. The number of amides is 1. The van der Waals surface area contributed by atoms with Crippen molar-refractivity contribution in [2.45, 2.75) is 13.1 Å². The predicted octanol–water partition coefficient (Wildman–Crippen LogP) is 1.07. The van der Waals surface area contributed by atoms with E-state index < -0.39 is 5.56 Å². The highest BCUT2D eigenvalue weighted by molar-refractivity contribution is 6.06. The van der Waals surface area contributed by atoms with E-state index >= 15 is 0 Å². The van der Waals surface area contributed by atoms with Crippen molar-refractivity contribution in [1.29, 1.82) is 0 Å². The smallest absolute Gasteiger partial charge is 0.279 e. The van der Waals surface area contributed by atoms with Crippen LogP contribution in [0.2, 0.25) is 0 Å². The van der Waals surface area contributed by atoms with Gasteiger partial charge >= 0.3 is 0 Å². The van der Waals surface area contributed by atoms with Gasteiger partial charge in [0.25, 0.3) is 11.5 Å². The number of hydrogen-bond acceptors (Lipinski definition) is 6. The maximum atomic E-state index is 13.3. The molecule has 5 rings (SSSR count). The second-order valence-corrected chi connectivity index (χ2v) is 7.78. The number of aromatic nitrogens is 3. The average molecular weight is 427 g/mol. The molecule has 0 atom stereocenters. The minimum atomic E-state index is -0.454. The lowest BCUT2D eigenvalue weighted by atomic mass is 10.2. The molecule has 3 aromatic rings. The Balaban J connectivity index is 1.61. The number of benzene rings is 1. The molecule has 1 fully saturated rings. The number of carbonyl (C=O) groups is 1. The molecule has 2 aromatic heterocycles. The molecule has 4 heterocycles. The van der Waals surface area contributed by atoms with E-state index in [1.807, 2.05) is 4.90 Å². The first-order chi connectivity index (χ1) is 15.0. The summed E-state index contributed by atoms with van der Waals surface area (Å²) in [6, 6.07) is 5.95. The number of halogens is 1. The van der Waals surface area contributed by atoms with Crippen LogP contribution in [0, 0.1) is 5.82 Å². The topological polar surface area (TPSA) is 92.8 Å². The van der Waals surface area contributed by atoms with Gasteiger partial charge in [0, 0.05) is 39.8 Å². The van der Waals surface area contributed by atoms with E-state index in [4.69, 9.17) is 4.74 Å². The number of nitrogens with zero attached hydrogens (tertiary/aromatic N) is 5. The number of aromatic hydroxyl groups is 1. The van der Waals surface area contributed by atoms with Crippen molar-refractivity contribution in [2.24, 2.45) is 7.05 Å². The number of morpholine rings is 1. The fraction of sp³-hybridized carbons (Fsp3) is 0.381. The zero-order valence-electron chi connectivity index (χ0n) is 17.0. The molecule has 1 amide bonds. The van der Waals surface area contributed by atoms with E-state index in [1.54, 1.807) is 21.6 Å². The number of fused-ring (bicyclic) bond motifs is 3. The molecule has 1 aromatic carbocycles. The number of hydrogen-bond donors (Lipinski definition) is 1. The maximum Gasteiger partial charge on any atom is 0.279 e. The molecular weight excluding hydrogens is 405 g/mol. The summed E-state index contributed by atoms with van der Waals surface area (Å²) in [5.74, 6) is -0.479. The van der Waals surface area contributed by atoms with Crippen molar-refractivity contribution in [1.82, 2.24) is 19.2 Å². The summed E-state index contributed by atoms with van der Waals surface area (Å²) in [6.07, 6.45) is 0. The molecule has 0 unspecified atom stereocenters. The van der Waals surface area contributed by atoms with E-state index in [2.05, 4.69) is 5.10 Å². The van der Waals surface area contributed by atoms with Crippen LogP contribution in [0.5, 0.6) is 5.75 Å². The van der Waals surface area contributed by atoms with E-state index in [1.165, 1.54) is 23.9 Å². The SMILES string of the molecule is Cn1nc(N2CCOCC2)c2c(c(O)c3n2CCN(Cc2ccc(F)cc2)C3=O)c1=O. The van der Waals surface area contributed by atoms with Gasteiger partial charge in [-0.3, -0.25) is 9.59 Å². The first-order valence-corrected chi connectivity index (χ1v) is 10.1. The molecule has 2 aliphatic heterocycles. The van der Waals surface area contributed by atoms with E-state index in [0.717, 1.165) is 5.56 Å². The second-order valence-electron chi connectivity index (χ2n) is 7.78. The lowest BCUT2D eigenvalue weighted by Crippen LogP contribution is -2.40. The molecule has 31 heavy (non-hydrogen) atoms. The van der Waals surface area contributed by atoms with Crippen LogP contribution in [-0.4, -0.2) is 63.1 Å². The number of carbonyl (C=O) groups excluding carboxylic acids is 1. The summed E-state index contributed by atoms with van der Waals surface area (Å²) in [5.41, 5.74) is 0.893. The Bertz CT molecular complexity index is 1230. The summed E-state index contributed by atoms with van der Waals surface area (Å²) in [7, 11) is 1.53.